The molecule has 0 saturated carbocycles. The van der Waals surface area contributed by atoms with E-state index < -0.39 is 0 Å². The van der Waals surface area contributed by atoms with Gasteiger partial charge in [-0.3, -0.25) is 0 Å². The lowest BCUT2D eigenvalue weighted by atomic mass is 10.1. The molecular weight excluding hydrogens is 132 g/mol. The Morgan fingerprint density at radius 1 is 1.09 bits per heavy atom. The van der Waals surface area contributed by atoms with Crippen molar-refractivity contribution in [2.75, 3.05) is 0 Å². The van der Waals surface area contributed by atoms with E-state index in [1.54, 1.807) is 0 Å². The first-order chi connectivity index (χ1) is 5.36. The first-order valence-corrected chi connectivity index (χ1v) is 3.65. The van der Waals surface area contributed by atoms with E-state index >= 15 is 0 Å². The normalized spacial score (nSPS) is 9.55. The fraction of sp³-hybridized carbons (Fsp3) is 0.0909. The maximum Gasteiger partial charge on any atom is 0.0321 e. The molecule has 0 spiro atoms. The van der Waals surface area contributed by atoms with Crippen molar-refractivity contribution in [3.05, 3.63) is 48.0 Å². The van der Waals surface area contributed by atoms with E-state index in [-0.39, 0.29) is 0 Å². The van der Waals surface area contributed by atoms with Gasteiger partial charge in [-0.2, -0.15) is 0 Å². The van der Waals surface area contributed by atoms with Crippen LogP contribution in [0.5, 0.6) is 0 Å². The molecule has 0 aliphatic heterocycles. The highest BCUT2D eigenvalue weighted by atomic mass is 13.9. The Morgan fingerprint density at radius 2 is 1.91 bits per heavy atom. The third kappa shape index (κ3) is 1.06. The van der Waals surface area contributed by atoms with Crippen molar-refractivity contribution in [1.82, 2.24) is 0 Å². The fourth-order valence-electron chi connectivity index (χ4n) is 1.17. The lowest BCUT2D eigenvalue weighted by Gasteiger charge is -1.91. The van der Waals surface area contributed by atoms with Gasteiger partial charge in [0.15, 0.2) is 0 Å². The minimum atomic E-state index is 1.14. The monoisotopic (exact) mass is 140 g/mol. The van der Waals surface area contributed by atoms with Gasteiger partial charge in [0.1, 0.15) is 0 Å². The SMILES string of the molecule is Cc1c#cc2ccccc2c1. The van der Waals surface area contributed by atoms with Crippen LogP contribution < -0.4 is 0 Å². The Kier molecular flexibility index (Phi) is 1.30. The predicted octanol–water partition coefficient (Wildman–Crippen LogP) is 2.75. The number of rotatable bonds is 0. The molecule has 0 saturated heterocycles. The molecule has 11 heavy (non-hydrogen) atoms. The van der Waals surface area contributed by atoms with Crippen molar-refractivity contribution >= 4 is 10.8 Å². The van der Waals surface area contributed by atoms with Crippen molar-refractivity contribution < 1.29 is 0 Å². The second-order valence-electron chi connectivity index (χ2n) is 2.66. The molecule has 2 aromatic carbocycles. The van der Waals surface area contributed by atoms with Crippen LogP contribution in [0, 0.1) is 19.1 Å². The third-order valence-electron chi connectivity index (χ3n) is 1.73. The minimum absolute atomic E-state index is 1.14. The van der Waals surface area contributed by atoms with E-state index in [4.69, 9.17) is 0 Å². The number of aryl methyl sites for hydroxylation is 1. The average Bonchev–Trinajstić information content (AvgIpc) is 2.04. The van der Waals surface area contributed by atoms with Gasteiger partial charge < -0.3 is 0 Å². The second-order valence-corrected chi connectivity index (χ2v) is 2.66. The number of hydrogen-bond donors (Lipinski definition) is 0. The Balaban J connectivity index is 2.83. The zero-order chi connectivity index (χ0) is 7.68. The highest BCUT2D eigenvalue weighted by Gasteiger charge is 1.88. The first kappa shape index (κ1) is 6.24. The molecule has 0 aliphatic rings. The molecule has 2 rings (SSSR count). The predicted molar refractivity (Wildman–Crippen MR) is 46.4 cm³/mol. The van der Waals surface area contributed by atoms with Crippen LogP contribution in [-0.4, -0.2) is 0 Å². The van der Waals surface area contributed by atoms with Gasteiger partial charge >= 0.3 is 0 Å². The van der Waals surface area contributed by atoms with Crippen LogP contribution >= 0.6 is 0 Å². The minimum Gasteiger partial charge on any atom is -0.0664 e. The lowest BCUT2D eigenvalue weighted by Crippen LogP contribution is -1.70. The van der Waals surface area contributed by atoms with Gasteiger partial charge in [-0.1, -0.05) is 30.3 Å². The highest BCUT2D eigenvalue weighted by molar-refractivity contribution is 5.80. The molecule has 0 bridgehead atoms. The molecule has 0 aromatic heterocycles. The van der Waals surface area contributed by atoms with Crippen molar-refractivity contribution in [2.24, 2.45) is 0 Å². The van der Waals surface area contributed by atoms with E-state index in [0.717, 1.165) is 10.9 Å². The van der Waals surface area contributed by atoms with Gasteiger partial charge in [-0.25, -0.2) is 0 Å². The first-order valence-electron chi connectivity index (χ1n) is 3.65. The molecule has 0 heterocycles. The summed E-state index contributed by atoms with van der Waals surface area (Å²) in [5, 5.41) is 2.38. The maximum absolute atomic E-state index is 3.09. The van der Waals surface area contributed by atoms with Gasteiger partial charge in [-0.05, 0) is 30.0 Å². The zero-order valence-electron chi connectivity index (χ0n) is 6.39. The summed E-state index contributed by atoms with van der Waals surface area (Å²) in [6, 6.07) is 16.5. The van der Waals surface area contributed by atoms with Crippen LogP contribution in [0.2, 0.25) is 0 Å². The Bertz CT molecular complexity index is 374. The standard InChI is InChI=1S/C11H8/c1-9-6-7-10-4-2-3-5-11(10)8-9/h2-5,8H,1H3. The second kappa shape index (κ2) is 2.29. The molecule has 2 aromatic rings. The largest absolute Gasteiger partial charge is 0.0664 e. The Hall–Kier alpha value is -1.48. The molecule has 0 aliphatic carbocycles. The van der Waals surface area contributed by atoms with Crippen LogP contribution in [-0.2, 0) is 0 Å². The van der Waals surface area contributed by atoms with Gasteiger partial charge in [0.25, 0.3) is 0 Å². The van der Waals surface area contributed by atoms with Crippen molar-refractivity contribution in [1.29, 1.82) is 0 Å². The van der Waals surface area contributed by atoms with Crippen LogP contribution in [0.4, 0.5) is 0 Å². The molecule has 0 heteroatoms. The topological polar surface area (TPSA) is 0 Å². The molecular formula is C11H8. The van der Waals surface area contributed by atoms with Crippen LogP contribution in [0.1, 0.15) is 5.56 Å². The molecule has 52 valence electrons. The molecule has 0 unspecified atom stereocenters. The maximum atomic E-state index is 3.09. The van der Waals surface area contributed by atoms with Crippen molar-refractivity contribution in [3.63, 3.8) is 0 Å². The highest BCUT2D eigenvalue weighted by Crippen LogP contribution is 2.10. The summed E-state index contributed by atoms with van der Waals surface area (Å²) in [7, 11) is 0. The third-order valence-corrected chi connectivity index (χ3v) is 1.73. The molecule has 0 N–H and O–H groups in total. The summed E-state index contributed by atoms with van der Waals surface area (Å²) in [4.78, 5) is 0. The lowest BCUT2D eigenvalue weighted by molar-refractivity contribution is 1.52. The number of benzene rings is 1. The molecule has 0 fully saturated rings. The van der Waals surface area contributed by atoms with E-state index in [2.05, 4.69) is 24.3 Å². The van der Waals surface area contributed by atoms with Gasteiger partial charge in [-0.15, -0.1) is 0 Å². The van der Waals surface area contributed by atoms with E-state index in [1.807, 2.05) is 25.1 Å². The van der Waals surface area contributed by atoms with Crippen molar-refractivity contribution in [3.8, 4) is 0 Å². The van der Waals surface area contributed by atoms with Crippen LogP contribution in [0.3, 0.4) is 0 Å². The summed E-state index contributed by atoms with van der Waals surface area (Å²) in [5.74, 6) is 0. The van der Waals surface area contributed by atoms with Crippen LogP contribution in [0.25, 0.3) is 10.8 Å². The summed E-state index contributed by atoms with van der Waals surface area (Å²) >= 11 is 0. The molecule has 0 atom stereocenters. The van der Waals surface area contributed by atoms with Gasteiger partial charge in [0.05, 0.1) is 0 Å². The van der Waals surface area contributed by atoms with E-state index in [0.29, 0.717) is 0 Å². The Labute approximate surface area is 66.5 Å². The summed E-state index contributed by atoms with van der Waals surface area (Å²) in [6.07, 6.45) is 0. The quantitative estimate of drug-likeness (QED) is 0.527. The van der Waals surface area contributed by atoms with E-state index in [1.165, 1.54) is 5.39 Å². The summed E-state index contributed by atoms with van der Waals surface area (Å²) in [6.45, 7) is 2.03. The Morgan fingerprint density at radius 3 is 2.82 bits per heavy atom. The molecule has 0 radical (unpaired) electrons. The molecule has 0 amide bonds. The number of fused-ring (bicyclic) bond motifs is 1. The summed E-state index contributed by atoms with van der Waals surface area (Å²) < 4.78 is 0. The zero-order valence-corrected chi connectivity index (χ0v) is 6.39. The average molecular weight is 140 g/mol. The summed E-state index contributed by atoms with van der Waals surface area (Å²) in [5.41, 5.74) is 1.14. The van der Waals surface area contributed by atoms with Crippen LogP contribution in [0.15, 0.2) is 30.3 Å². The van der Waals surface area contributed by atoms with Gasteiger partial charge in [0.2, 0.25) is 0 Å². The molecule has 0 nitrogen and oxygen atoms in total. The fourth-order valence-corrected chi connectivity index (χ4v) is 1.17. The van der Waals surface area contributed by atoms with Gasteiger partial charge in [0, 0.05) is 5.39 Å². The van der Waals surface area contributed by atoms with Crippen molar-refractivity contribution in [2.45, 2.75) is 6.92 Å². The van der Waals surface area contributed by atoms with E-state index in [9.17, 15) is 0 Å². The smallest absolute Gasteiger partial charge is 0.0321 e. The number of hydrogen-bond acceptors (Lipinski definition) is 0.